The van der Waals surface area contributed by atoms with E-state index in [2.05, 4.69) is 54.7 Å². The van der Waals surface area contributed by atoms with E-state index < -0.39 is 0 Å². The molecule has 1 aliphatic heterocycles. The molecule has 1 aromatic rings. The summed E-state index contributed by atoms with van der Waals surface area (Å²) in [4.78, 5) is 7.07. The van der Waals surface area contributed by atoms with Gasteiger partial charge in [0.05, 0.1) is 10.9 Å². The number of piperidine rings is 1. The lowest BCUT2D eigenvalue weighted by molar-refractivity contribution is 0.216. The number of thioether (sulfide) groups is 1. The average Bonchev–Trinajstić information content (AvgIpc) is 2.46. The van der Waals surface area contributed by atoms with Crippen LogP contribution in [0.2, 0.25) is 0 Å². The highest BCUT2D eigenvalue weighted by Crippen LogP contribution is 2.42. The number of hydrogen-bond donors (Lipinski definition) is 0. The largest absolute Gasteiger partial charge is 0.306 e. The molecule has 1 saturated heterocycles. The Morgan fingerprint density at radius 1 is 1.37 bits per heavy atom. The van der Waals surface area contributed by atoms with Crippen molar-refractivity contribution in [1.29, 1.82) is 0 Å². The van der Waals surface area contributed by atoms with E-state index >= 15 is 0 Å². The van der Waals surface area contributed by atoms with E-state index in [1.807, 2.05) is 12.3 Å². The first-order valence-corrected chi connectivity index (χ1v) is 8.40. The minimum Gasteiger partial charge on any atom is -0.306 e. The third-order valence-electron chi connectivity index (χ3n) is 4.12. The van der Waals surface area contributed by atoms with Crippen molar-refractivity contribution in [3.63, 3.8) is 0 Å². The fraction of sp³-hybridized carbons (Fsp3) is 0.688. The summed E-state index contributed by atoms with van der Waals surface area (Å²) in [6.07, 6.45) is 5.79. The zero-order valence-electron chi connectivity index (χ0n) is 12.4. The predicted molar refractivity (Wildman–Crippen MR) is 84.5 cm³/mol. The molecule has 106 valence electrons. The second-order valence-corrected chi connectivity index (χ2v) is 7.26. The first kappa shape index (κ1) is 14.9. The van der Waals surface area contributed by atoms with Crippen LogP contribution in [0.1, 0.15) is 44.1 Å². The molecule has 3 heteroatoms. The van der Waals surface area contributed by atoms with E-state index in [1.54, 1.807) is 0 Å². The maximum absolute atomic E-state index is 4.63. The van der Waals surface area contributed by atoms with Gasteiger partial charge in [-0.1, -0.05) is 19.9 Å². The predicted octanol–water partition coefficient (Wildman–Crippen LogP) is 4.00. The van der Waals surface area contributed by atoms with Crippen molar-refractivity contribution in [2.24, 2.45) is 5.92 Å². The zero-order chi connectivity index (χ0) is 13.7. The minimum atomic E-state index is 0.574. The summed E-state index contributed by atoms with van der Waals surface area (Å²) in [5.41, 5.74) is 1.28. The SMILES string of the molecule is CCC(C)SC(c1ccccn1)C1CCN(C)CC1. The third-order valence-corrected chi connectivity index (χ3v) is 5.84. The first-order chi connectivity index (χ1) is 9.20. The molecular formula is C16H26N2S. The summed E-state index contributed by atoms with van der Waals surface area (Å²) in [6.45, 7) is 7.08. The third kappa shape index (κ3) is 4.22. The van der Waals surface area contributed by atoms with Gasteiger partial charge < -0.3 is 4.90 Å². The highest BCUT2D eigenvalue weighted by atomic mass is 32.2. The molecule has 0 spiro atoms. The Hall–Kier alpha value is -0.540. The lowest BCUT2D eigenvalue weighted by atomic mass is 9.91. The zero-order valence-corrected chi connectivity index (χ0v) is 13.2. The minimum absolute atomic E-state index is 0.574. The molecule has 1 aliphatic rings. The molecule has 0 N–H and O–H groups in total. The number of pyridine rings is 1. The van der Waals surface area contributed by atoms with Crippen molar-refractivity contribution in [2.75, 3.05) is 20.1 Å². The van der Waals surface area contributed by atoms with Gasteiger partial charge in [0.2, 0.25) is 0 Å². The molecule has 2 atom stereocenters. The van der Waals surface area contributed by atoms with E-state index in [0.29, 0.717) is 10.5 Å². The molecule has 0 aromatic carbocycles. The highest BCUT2D eigenvalue weighted by Gasteiger charge is 2.28. The van der Waals surface area contributed by atoms with E-state index in [4.69, 9.17) is 0 Å². The summed E-state index contributed by atoms with van der Waals surface area (Å²) in [5, 5.41) is 1.29. The Labute approximate surface area is 122 Å². The molecule has 2 unspecified atom stereocenters. The van der Waals surface area contributed by atoms with Crippen LogP contribution < -0.4 is 0 Å². The Balaban J connectivity index is 2.10. The smallest absolute Gasteiger partial charge is 0.0536 e. The Morgan fingerprint density at radius 3 is 2.68 bits per heavy atom. The fourth-order valence-electron chi connectivity index (χ4n) is 2.64. The van der Waals surface area contributed by atoms with Gasteiger partial charge in [0.25, 0.3) is 0 Å². The molecule has 0 radical (unpaired) electrons. The molecule has 1 fully saturated rings. The van der Waals surface area contributed by atoms with Gasteiger partial charge in [0.1, 0.15) is 0 Å². The Bertz CT molecular complexity index is 360. The highest BCUT2D eigenvalue weighted by molar-refractivity contribution is 8.00. The molecule has 2 rings (SSSR count). The Kier molecular flexibility index (Phi) is 5.71. The van der Waals surface area contributed by atoms with E-state index in [1.165, 1.54) is 38.0 Å². The molecule has 19 heavy (non-hydrogen) atoms. The van der Waals surface area contributed by atoms with Crippen LogP contribution in [0.4, 0.5) is 0 Å². The van der Waals surface area contributed by atoms with Crippen molar-refractivity contribution in [3.8, 4) is 0 Å². The van der Waals surface area contributed by atoms with Crippen molar-refractivity contribution in [1.82, 2.24) is 9.88 Å². The molecule has 0 amide bonds. The lowest BCUT2D eigenvalue weighted by Crippen LogP contribution is -2.32. The molecular weight excluding hydrogens is 252 g/mol. The number of rotatable bonds is 5. The number of likely N-dealkylation sites (tertiary alicyclic amines) is 1. The first-order valence-electron chi connectivity index (χ1n) is 7.45. The van der Waals surface area contributed by atoms with Crippen LogP contribution in [-0.2, 0) is 0 Å². The summed E-state index contributed by atoms with van der Waals surface area (Å²) in [6, 6.07) is 6.35. The Morgan fingerprint density at radius 2 is 2.11 bits per heavy atom. The van der Waals surface area contributed by atoms with Gasteiger partial charge in [-0.25, -0.2) is 0 Å². The van der Waals surface area contributed by atoms with Gasteiger partial charge in [-0.3, -0.25) is 4.98 Å². The topological polar surface area (TPSA) is 16.1 Å². The quantitative estimate of drug-likeness (QED) is 0.810. The fourth-order valence-corrected chi connectivity index (χ4v) is 4.11. The average molecular weight is 278 g/mol. The number of aromatic nitrogens is 1. The molecule has 0 bridgehead atoms. The standard InChI is InChI=1S/C16H26N2S/c1-4-13(2)19-16(15-7-5-6-10-17-15)14-8-11-18(3)12-9-14/h5-7,10,13-14,16H,4,8-9,11-12H2,1-3H3. The summed E-state index contributed by atoms with van der Waals surface area (Å²) in [7, 11) is 2.23. The second-order valence-electron chi connectivity index (χ2n) is 5.67. The maximum atomic E-state index is 4.63. The molecule has 2 nitrogen and oxygen atoms in total. The van der Waals surface area contributed by atoms with Crippen LogP contribution in [0.15, 0.2) is 24.4 Å². The van der Waals surface area contributed by atoms with Crippen LogP contribution in [0.5, 0.6) is 0 Å². The van der Waals surface area contributed by atoms with E-state index in [9.17, 15) is 0 Å². The van der Waals surface area contributed by atoms with Gasteiger partial charge >= 0.3 is 0 Å². The van der Waals surface area contributed by atoms with Crippen molar-refractivity contribution >= 4 is 11.8 Å². The van der Waals surface area contributed by atoms with Crippen LogP contribution in [-0.4, -0.2) is 35.3 Å². The van der Waals surface area contributed by atoms with Crippen LogP contribution in [0.3, 0.4) is 0 Å². The second kappa shape index (κ2) is 7.30. The van der Waals surface area contributed by atoms with Crippen molar-refractivity contribution in [3.05, 3.63) is 30.1 Å². The number of nitrogens with zero attached hydrogens (tertiary/aromatic N) is 2. The van der Waals surface area contributed by atoms with Crippen LogP contribution >= 0.6 is 11.8 Å². The van der Waals surface area contributed by atoms with Gasteiger partial charge in [-0.05, 0) is 57.5 Å². The molecule has 1 aromatic heterocycles. The maximum Gasteiger partial charge on any atom is 0.0536 e. The van der Waals surface area contributed by atoms with Crippen molar-refractivity contribution in [2.45, 2.75) is 43.6 Å². The monoisotopic (exact) mass is 278 g/mol. The summed E-state index contributed by atoms with van der Waals surface area (Å²) >= 11 is 2.12. The molecule has 2 heterocycles. The van der Waals surface area contributed by atoms with E-state index in [0.717, 1.165) is 5.92 Å². The summed E-state index contributed by atoms with van der Waals surface area (Å²) in [5.74, 6) is 0.782. The van der Waals surface area contributed by atoms with Crippen LogP contribution in [0.25, 0.3) is 0 Å². The number of hydrogen-bond acceptors (Lipinski definition) is 3. The van der Waals surface area contributed by atoms with Crippen molar-refractivity contribution < 1.29 is 0 Å². The van der Waals surface area contributed by atoms with Crippen LogP contribution in [0, 0.1) is 5.92 Å². The molecule has 0 saturated carbocycles. The van der Waals surface area contributed by atoms with Gasteiger partial charge in [-0.15, -0.1) is 11.8 Å². The van der Waals surface area contributed by atoms with Gasteiger partial charge in [-0.2, -0.15) is 0 Å². The summed E-state index contributed by atoms with van der Waals surface area (Å²) < 4.78 is 0. The normalized spacial score (nSPS) is 21.2. The van der Waals surface area contributed by atoms with Gasteiger partial charge in [0, 0.05) is 11.4 Å². The molecule has 0 aliphatic carbocycles. The van der Waals surface area contributed by atoms with Gasteiger partial charge in [0.15, 0.2) is 0 Å². The van der Waals surface area contributed by atoms with E-state index in [-0.39, 0.29) is 0 Å². The lowest BCUT2D eigenvalue weighted by Gasteiger charge is -2.34.